The molecule has 0 aromatic carbocycles. The van der Waals surface area contributed by atoms with Crippen LogP contribution < -0.4 is 0 Å². The first-order valence-electron chi connectivity index (χ1n) is 25.1. The second-order valence-electron chi connectivity index (χ2n) is 23.4. The quantitative estimate of drug-likeness (QED) is 0.0566. The Bertz CT molecular complexity index is 1970. The van der Waals surface area contributed by atoms with E-state index in [4.69, 9.17) is 33.2 Å². The summed E-state index contributed by atoms with van der Waals surface area (Å²) < 4.78 is 40.4. The highest BCUT2D eigenvalue weighted by atomic mass is 16.7. The van der Waals surface area contributed by atoms with Crippen molar-refractivity contribution in [3.63, 3.8) is 0 Å². The number of carbonyl (C=O) groups is 2. The van der Waals surface area contributed by atoms with Gasteiger partial charge in [-0.25, -0.2) is 0 Å². The molecule has 406 valence electrons. The Morgan fingerprint density at radius 2 is 1.17 bits per heavy atom. The number of fused-ring (bicyclic) bond motifs is 7. The number of allylic oxidation sites excluding steroid dienone is 2. The van der Waals surface area contributed by atoms with Gasteiger partial charge in [0.25, 0.3) is 0 Å². The lowest BCUT2D eigenvalue weighted by Crippen LogP contribution is -2.70. The maximum absolute atomic E-state index is 14.8. The molecule has 3 heterocycles. The highest BCUT2D eigenvalue weighted by Gasteiger charge is 2.72. The van der Waals surface area contributed by atoms with Gasteiger partial charge in [0.15, 0.2) is 12.6 Å². The second-order valence-corrected chi connectivity index (χ2v) is 23.4. The molecule has 0 spiro atoms. The third kappa shape index (κ3) is 8.46. The van der Waals surface area contributed by atoms with Crippen molar-refractivity contribution >= 4 is 11.9 Å². The predicted octanol–water partition coefficient (Wildman–Crippen LogP) is -2.76. The van der Waals surface area contributed by atoms with Crippen molar-refractivity contribution in [2.45, 2.75) is 197 Å². The van der Waals surface area contributed by atoms with E-state index >= 15 is 0 Å². The van der Waals surface area contributed by atoms with Gasteiger partial charge in [-0.15, -0.1) is 0 Å². The standard InChI is InChI=1S/C49H78O22/c1-44(42(63)65-6)11-13-49(43(64)71-41-35(61)32(58)30(56)25(18-51)67-41)14-12-47(4)21(22(49)15-44)7-8-28-45(2)16-23(54)38(46(3,20-53)27(45)9-10-48(28,47)5)70-40-36(62)33(59)37(26(19-52)68-40)69-39-34(60)31(57)29(55)24(17-50)66-39/h7,22-41,50-62H,8-20H2,1-6H3/t22-,23+,24-,25-,26-,27?,28-,29-,30-,31+,32+,33-,34-,35-,36-,37-,38+,39+,40+,41+,44-,45+,46+,47-,48-,49+/m1/s1. The number of hydrogen-bond acceptors (Lipinski definition) is 22. The summed E-state index contributed by atoms with van der Waals surface area (Å²) in [5.74, 6) is -2.05. The van der Waals surface area contributed by atoms with Crippen LogP contribution in [0.3, 0.4) is 0 Å². The Kier molecular flexibility index (Phi) is 15.4. The van der Waals surface area contributed by atoms with Crippen LogP contribution in [0.5, 0.6) is 0 Å². The molecule has 3 aliphatic heterocycles. The summed E-state index contributed by atoms with van der Waals surface area (Å²) in [7, 11) is 1.33. The Hall–Kier alpha value is -2.04. The van der Waals surface area contributed by atoms with E-state index in [1.54, 1.807) is 0 Å². The minimum absolute atomic E-state index is 0.106. The third-order valence-electron chi connectivity index (χ3n) is 19.9. The van der Waals surface area contributed by atoms with Gasteiger partial charge in [-0.05, 0) is 98.7 Å². The molecule has 8 rings (SSSR count). The van der Waals surface area contributed by atoms with Crippen LogP contribution in [0.2, 0.25) is 0 Å². The minimum atomic E-state index is -1.87. The van der Waals surface area contributed by atoms with Crippen molar-refractivity contribution < 1.29 is 109 Å². The number of carbonyl (C=O) groups excluding carboxylic acids is 2. The van der Waals surface area contributed by atoms with Gasteiger partial charge in [0, 0.05) is 5.41 Å². The fourth-order valence-corrected chi connectivity index (χ4v) is 15.5. The van der Waals surface area contributed by atoms with Crippen LogP contribution in [-0.4, -0.2) is 216 Å². The molecule has 5 aliphatic carbocycles. The molecule has 3 saturated heterocycles. The van der Waals surface area contributed by atoms with Gasteiger partial charge in [0.05, 0.1) is 56.6 Å². The molecule has 8 aliphatic rings. The molecule has 13 N–H and O–H groups in total. The fraction of sp³-hybridized carbons (Fsp3) is 0.918. The zero-order valence-electron chi connectivity index (χ0n) is 41.3. The number of aliphatic hydroxyl groups excluding tert-OH is 13. The Morgan fingerprint density at radius 3 is 1.76 bits per heavy atom. The molecule has 4 saturated carbocycles. The third-order valence-corrected chi connectivity index (χ3v) is 19.9. The molecule has 0 aromatic heterocycles. The number of esters is 2. The first-order valence-corrected chi connectivity index (χ1v) is 25.1. The number of rotatable bonds is 11. The molecule has 0 radical (unpaired) electrons. The highest BCUT2D eigenvalue weighted by Crippen LogP contribution is 2.76. The van der Waals surface area contributed by atoms with Crippen molar-refractivity contribution in [3.05, 3.63) is 11.6 Å². The van der Waals surface area contributed by atoms with Gasteiger partial charge in [-0.3, -0.25) is 9.59 Å². The maximum atomic E-state index is 14.8. The van der Waals surface area contributed by atoms with Gasteiger partial charge in [-0.2, -0.15) is 0 Å². The van der Waals surface area contributed by atoms with Crippen LogP contribution in [0.25, 0.3) is 0 Å². The average Bonchev–Trinajstić information content (AvgIpc) is 3.34. The molecular weight excluding hydrogens is 941 g/mol. The SMILES string of the molecule is COC(=O)[C@]1(C)CC[C@]2(C(=O)O[C@@H]3O[C@H](CO)[C@@H](O)[C@H](O)[C@H]3O)CC[C@]3(C)C(=CC[C@@H]4[C@@]5(C)C[C@H](O)[C@H](O[C@@H]6O[C@H](CO)[C@@H](O[C@@H]7O[C@H](CO)[C@@H](O)[C@H](O)[C@H]7O)[C@H](O)[C@H]6O)[C@@](C)(CO)C5CC[C@]43C)[C@H]2C1. The van der Waals surface area contributed by atoms with E-state index in [-0.39, 0.29) is 31.1 Å². The van der Waals surface area contributed by atoms with E-state index in [0.717, 1.165) is 5.57 Å². The molecular formula is C49H78O22. The largest absolute Gasteiger partial charge is 0.469 e. The lowest BCUT2D eigenvalue weighted by Gasteiger charge is -2.71. The summed E-state index contributed by atoms with van der Waals surface area (Å²) in [6, 6.07) is 0. The van der Waals surface area contributed by atoms with Crippen LogP contribution in [0.15, 0.2) is 11.6 Å². The van der Waals surface area contributed by atoms with Gasteiger partial charge in [-0.1, -0.05) is 39.3 Å². The summed E-state index contributed by atoms with van der Waals surface area (Å²) in [6.07, 6.45) is -21.8. The first kappa shape index (κ1) is 55.2. The van der Waals surface area contributed by atoms with Crippen LogP contribution in [-0.2, 0) is 42.7 Å². The van der Waals surface area contributed by atoms with Gasteiger partial charge >= 0.3 is 11.9 Å². The summed E-state index contributed by atoms with van der Waals surface area (Å²) >= 11 is 0. The number of hydrogen-bond donors (Lipinski definition) is 13. The zero-order valence-corrected chi connectivity index (χ0v) is 41.3. The Morgan fingerprint density at radius 1 is 0.620 bits per heavy atom. The number of ether oxygens (including phenoxy) is 7. The monoisotopic (exact) mass is 1020 g/mol. The van der Waals surface area contributed by atoms with E-state index in [1.165, 1.54) is 7.11 Å². The summed E-state index contributed by atoms with van der Waals surface area (Å²) in [5, 5.41) is 140. The molecule has 0 bridgehead atoms. The van der Waals surface area contributed by atoms with Gasteiger partial charge in [0.1, 0.15) is 73.2 Å². The van der Waals surface area contributed by atoms with Crippen molar-refractivity contribution in [2.75, 3.05) is 33.5 Å². The normalized spacial score (nSPS) is 54.0. The van der Waals surface area contributed by atoms with Crippen LogP contribution in [0.4, 0.5) is 0 Å². The summed E-state index contributed by atoms with van der Waals surface area (Å²) in [4.78, 5) is 28.3. The molecule has 0 amide bonds. The smallest absolute Gasteiger partial charge is 0.315 e. The molecule has 22 nitrogen and oxygen atoms in total. The zero-order chi connectivity index (χ0) is 52.1. The molecule has 71 heavy (non-hydrogen) atoms. The first-order chi connectivity index (χ1) is 33.3. The fourth-order valence-electron chi connectivity index (χ4n) is 15.5. The average molecular weight is 1020 g/mol. The predicted molar refractivity (Wildman–Crippen MR) is 239 cm³/mol. The summed E-state index contributed by atoms with van der Waals surface area (Å²) in [6.45, 7) is 7.48. The molecule has 7 fully saturated rings. The minimum Gasteiger partial charge on any atom is -0.469 e. The highest BCUT2D eigenvalue weighted by molar-refractivity contribution is 5.81. The number of aliphatic hydroxyl groups is 13. The topological polar surface area (TPSA) is 362 Å². The molecule has 26 atom stereocenters. The van der Waals surface area contributed by atoms with E-state index in [1.807, 2.05) is 13.8 Å². The van der Waals surface area contributed by atoms with Crippen LogP contribution in [0.1, 0.15) is 92.4 Å². The summed E-state index contributed by atoms with van der Waals surface area (Å²) in [5.41, 5.74) is -4.05. The Balaban J connectivity index is 1.05. The molecule has 1 unspecified atom stereocenters. The van der Waals surface area contributed by atoms with Gasteiger partial charge in [0.2, 0.25) is 6.29 Å². The molecule has 22 heteroatoms. The second kappa shape index (κ2) is 19.8. The van der Waals surface area contributed by atoms with Crippen molar-refractivity contribution in [1.82, 2.24) is 0 Å². The van der Waals surface area contributed by atoms with Gasteiger partial charge < -0.3 is 99.5 Å². The van der Waals surface area contributed by atoms with Crippen LogP contribution in [0, 0.1) is 50.2 Å². The maximum Gasteiger partial charge on any atom is 0.315 e. The Labute approximate surface area is 412 Å². The van der Waals surface area contributed by atoms with E-state index in [0.29, 0.717) is 38.5 Å². The van der Waals surface area contributed by atoms with Crippen molar-refractivity contribution in [2.24, 2.45) is 50.2 Å². The van der Waals surface area contributed by atoms with Crippen molar-refractivity contribution in [3.8, 4) is 0 Å². The van der Waals surface area contributed by atoms with E-state index in [2.05, 4.69) is 26.8 Å². The lowest BCUT2D eigenvalue weighted by atomic mass is 9.33. The van der Waals surface area contributed by atoms with Crippen LogP contribution >= 0.6 is 0 Å². The van der Waals surface area contributed by atoms with E-state index < -0.39 is 181 Å². The number of methoxy groups -OCH3 is 1. The van der Waals surface area contributed by atoms with E-state index in [9.17, 15) is 76.0 Å². The molecule has 0 aromatic rings. The van der Waals surface area contributed by atoms with Crippen molar-refractivity contribution in [1.29, 1.82) is 0 Å². The lowest BCUT2D eigenvalue weighted by molar-refractivity contribution is -0.374.